The largest absolute Gasteiger partial charge is 0.212 e. The van der Waals surface area contributed by atoms with Crippen molar-refractivity contribution in [3.8, 4) is 67.2 Å². The highest BCUT2D eigenvalue weighted by molar-refractivity contribution is 5.69. The Labute approximate surface area is 558 Å². The number of benzene rings is 6. The number of aromatic nitrogens is 3. The van der Waals surface area contributed by atoms with Gasteiger partial charge in [0.25, 0.3) is 0 Å². The van der Waals surface area contributed by atoms with E-state index in [2.05, 4.69) is 256 Å². The second-order valence-electron chi connectivity index (χ2n) is 29.1. The Morgan fingerprint density at radius 1 is 0.261 bits per heavy atom. The van der Waals surface area contributed by atoms with Crippen LogP contribution in [0.1, 0.15) is 203 Å². The van der Waals surface area contributed by atoms with E-state index in [1.807, 2.05) is 0 Å². The predicted molar refractivity (Wildman–Crippen MR) is 385 cm³/mol. The van der Waals surface area contributed by atoms with Crippen LogP contribution in [-0.4, -0.2) is 0 Å². The molecule has 92 heavy (non-hydrogen) atoms. The van der Waals surface area contributed by atoms with Gasteiger partial charge in [0.05, 0.1) is 0 Å². The van der Waals surface area contributed by atoms with E-state index in [4.69, 9.17) is 1.37 Å². The number of aryl methyl sites for hydroxylation is 6. The molecule has 0 radical (unpaired) electrons. The third-order valence-electron chi connectivity index (χ3n) is 23.3. The second-order valence-corrected chi connectivity index (χ2v) is 29.1. The van der Waals surface area contributed by atoms with E-state index in [-0.39, 0.29) is 11.8 Å². The average Bonchev–Trinajstić information content (AvgIpc) is 1.78. The molecule has 9 aromatic rings. The first-order valence-electron chi connectivity index (χ1n) is 37.6. The van der Waals surface area contributed by atoms with Gasteiger partial charge in [-0.2, -0.15) is 0 Å². The molecule has 3 nitrogen and oxygen atoms in total. The SMILES string of the molecule is [2H]C1(c2ccc(-c3ccc(-c4ccccc4C)[n+](C)c3)cc2)CCC(C2CCCC2)C1.[2H]C1(c2ccc(-c3ccc(-c4ccccc4C)[n+](C)c3)cc2)CCC(C2CCCC2)CC1.[2H]C1(c2ccc(-c3ccc(-c4ccccc4C)[n+](C)c3)cc2)CCC(C2CCCCC2)C1. The van der Waals surface area contributed by atoms with E-state index in [0.29, 0.717) is 0 Å². The first kappa shape index (κ1) is 59.8. The van der Waals surface area contributed by atoms with Crippen molar-refractivity contribution in [1.82, 2.24) is 0 Å². The number of hydrogen-bond donors (Lipinski definition) is 0. The summed E-state index contributed by atoms with van der Waals surface area (Å²) in [7, 11) is 6.38. The van der Waals surface area contributed by atoms with Gasteiger partial charge in [-0.1, -0.05) is 211 Å². The zero-order valence-corrected chi connectivity index (χ0v) is 56.6. The summed E-state index contributed by atoms with van der Waals surface area (Å²) in [5.74, 6) is 3.96. The van der Waals surface area contributed by atoms with Crippen LogP contribution in [-0.2, 0) is 21.1 Å². The fraction of sp³-hybridized carbons (Fsp3) is 0.427. The Morgan fingerprint density at radius 3 is 0.848 bits per heavy atom. The smallest absolute Gasteiger partial charge is 0.200 e. The lowest BCUT2D eigenvalue weighted by Gasteiger charge is -2.32. The molecule has 6 saturated carbocycles. The van der Waals surface area contributed by atoms with E-state index >= 15 is 0 Å². The predicted octanol–water partition coefficient (Wildman–Crippen LogP) is 22.5. The molecule has 6 fully saturated rings. The van der Waals surface area contributed by atoms with Crippen molar-refractivity contribution in [2.24, 2.45) is 56.7 Å². The Hall–Kier alpha value is -7.23. The molecular formula is C89H106N3+3. The average molecular weight is 1220 g/mol. The molecule has 6 aliphatic rings. The van der Waals surface area contributed by atoms with Gasteiger partial charge >= 0.3 is 0 Å². The Kier molecular flexibility index (Phi) is 19.4. The van der Waals surface area contributed by atoms with Gasteiger partial charge < -0.3 is 0 Å². The summed E-state index contributed by atoms with van der Waals surface area (Å²) in [5.41, 5.74) is 22.4. The molecule has 0 aliphatic heterocycles. The summed E-state index contributed by atoms with van der Waals surface area (Å²) < 4.78 is 34.2. The van der Waals surface area contributed by atoms with Crippen LogP contribution in [0.3, 0.4) is 0 Å². The number of pyridine rings is 3. The molecule has 0 saturated heterocycles. The Bertz CT molecular complexity index is 4050. The van der Waals surface area contributed by atoms with Crippen LogP contribution in [0.5, 0.6) is 0 Å². The maximum atomic E-state index is 9.22. The van der Waals surface area contributed by atoms with Gasteiger partial charge in [0.2, 0.25) is 17.1 Å². The quantitative estimate of drug-likeness (QED) is 0.108. The first-order valence-corrected chi connectivity index (χ1v) is 36.1. The Morgan fingerprint density at radius 2 is 0.522 bits per heavy atom. The van der Waals surface area contributed by atoms with Gasteiger partial charge in [0.15, 0.2) is 18.6 Å². The summed E-state index contributed by atoms with van der Waals surface area (Å²) in [6.07, 6.45) is 36.2. The van der Waals surface area contributed by atoms with Gasteiger partial charge in [0.1, 0.15) is 21.1 Å². The minimum absolute atomic E-state index is 0.384. The minimum atomic E-state index is -0.396. The van der Waals surface area contributed by atoms with Crippen molar-refractivity contribution in [3.05, 3.63) is 234 Å². The van der Waals surface area contributed by atoms with E-state index in [1.165, 1.54) is 210 Å². The molecule has 6 aromatic carbocycles. The maximum absolute atomic E-state index is 9.22. The van der Waals surface area contributed by atoms with Crippen LogP contribution in [0.4, 0.5) is 0 Å². The van der Waals surface area contributed by atoms with Crippen molar-refractivity contribution in [3.63, 3.8) is 0 Å². The van der Waals surface area contributed by atoms with Crippen LogP contribution < -0.4 is 13.7 Å². The Balaban J connectivity index is 0.000000129. The molecule has 474 valence electrons. The molecule has 3 heterocycles. The van der Waals surface area contributed by atoms with Gasteiger partial charge in [-0.3, -0.25) is 0 Å². The summed E-state index contributed by atoms with van der Waals surface area (Å²) in [5, 5.41) is 0. The molecule has 0 bridgehead atoms. The fourth-order valence-electron chi connectivity index (χ4n) is 17.8. The highest BCUT2D eigenvalue weighted by atomic mass is 14.9. The maximum Gasteiger partial charge on any atom is 0.212 e. The number of rotatable bonds is 12. The van der Waals surface area contributed by atoms with E-state index < -0.39 is 5.89 Å². The zero-order chi connectivity index (χ0) is 65.7. The third-order valence-corrected chi connectivity index (χ3v) is 23.3. The first-order chi connectivity index (χ1) is 46.1. The van der Waals surface area contributed by atoms with E-state index in [0.717, 1.165) is 74.0 Å². The number of nitrogens with zero attached hydrogens (tertiary/aromatic N) is 3. The lowest BCUT2D eigenvalue weighted by molar-refractivity contribution is -0.660. The normalized spacial score (nSPS) is 24.8. The third kappa shape index (κ3) is 14.9. The highest BCUT2D eigenvalue weighted by Gasteiger charge is 2.35. The summed E-state index contributed by atoms with van der Waals surface area (Å²) in [6.45, 7) is 6.50. The van der Waals surface area contributed by atoms with Crippen LogP contribution >= 0.6 is 0 Å². The van der Waals surface area contributed by atoms with Crippen molar-refractivity contribution >= 4 is 0 Å². The van der Waals surface area contributed by atoms with Gasteiger partial charge in [-0.05, 0) is 225 Å². The molecule has 0 amide bonds. The van der Waals surface area contributed by atoms with Crippen molar-refractivity contribution in [2.45, 2.75) is 186 Å². The molecule has 0 N–H and O–H groups in total. The molecule has 3 heteroatoms. The molecule has 6 aliphatic carbocycles. The van der Waals surface area contributed by atoms with Crippen LogP contribution in [0.25, 0.3) is 67.2 Å². The summed E-state index contributed by atoms with van der Waals surface area (Å²) in [6, 6.07) is 65.6. The standard InChI is InChI=1S/2C30H36N.C29H34N/c1-22-7-3-6-10-29(22)30-20-19-28(21-31(30)2)27-17-15-26(16-18-27)25-13-11-24(12-14-25)23-8-4-5-9-23;1-22-8-6-7-11-29(22)30-19-18-28(21-31(30)2)25-14-12-24(13-15-25)27-17-16-26(20-27)23-9-4-3-5-10-23;1-21-7-3-6-10-28(21)29-18-17-27(20-30(29)2)24-13-11-23(12-14-24)26-16-15-25(19-26)22-8-4-5-9-22/h3,6-7,10,15-21,23-25H,4-5,8-9,11-14H2,1-2H3;6-8,11-15,18-19,21,23,26-27H,3-5,9-10,16-17,20H2,1-2H3;3,6-7,10-14,17-18,20,22,25-26H,4-5,8-9,15-16,19H2,1-2H3/q3*+1/i25D;27D;26D. The minimum Gasteiger partial charge on any atom is -0.200 e. The molecule has 3 aromatic heterocycles. The fourth-order valence-corrected chi connectivity index (χ4v) is 17.8. The van der Waals surface area contributed by atoms with Crippen molar-refractivity contribution < 1.29 is 17.8 Å². The van der Waals surface area contributed by atoms with Gasteiger partial charge in [0, 0.05) is 55.7 Å². The number of hydrogen-bond acceptors (Lipinski definition) is 0. The monoisotopic (exact) mass is 1220 g/mol. The van der Waals surface area contributed by atoms with Crippen molar-refractivity contribution in [1.29, 1.82) is 0 Å². The lowest BCUT2D eigenvalue weighted by atomic mass is 9.73. The van der Waals surface area contributed by atoms with Gasteiger partial charge in [-0.15, -0.1) is 0 Å². The zero-order valence-electron chi connectivity index (χ0n) is 59.6. The van der Waals surface area contributed by atoms with E-state index in [1.54, 1.807) is 0 Å². The second kappa shape index (κ2) is 29.8. The lowest BCUT2D eigenvalue weighted by Crippen LogP contribution is -2.30. The van der Waals surface area contributed by atoms with Crippen molar-refractivity contribution in [2.75, 3.05) is 0 Å². The van der Waals surface area contributed by atoms with Crippen LogP contribution in [0.15, 0.2) is 201 Å². The molecular weight excluding hydrogens is 1110 g/mol. The molecule has 0 spiro atoms. The molecule has 4 unspecified atom stereocenters. The summed E-state index contributed by atoms with van der Waals surface area (Å²) >= 11 is 0. The van der Waals surface area contributed by atoms with Gasteiger partial charge in [-0.25, -0.2) is 13.7 Å². The molecule has 4 atom stereocenters. The van der Waals surface area contributed by atoms with Crippen LogP contribution in [0.2, 0.25) is 0 Å². The highest BCUT2D eigenvalue weighted by Crippen LogP contribution is 2.49. The summed E-state index contributed by atoms with van der Waals surface area (Å²) in [4.78, 5) is 0. The topological polar surface area (TPSA) is 11.6 Å². The van der Waals surface area contributed by atoms with Crippen LogP contribution in [0, 0.1) is 56.3 Å². The van der Waals surface area contributed by atoms with E-state index in [9.17, 15) is 2.74 Å². The molecule has 15 rings (SSSR count).